The largest absolute Gasteiger partial charge is 0.483 e. The first-order valence-corrected chi connectivity index (χ1v) is 10.2. The molecule has 0 aromatic rings. The number of primary amides is 1. The molecular weight excluding hydrogens is 405 g/mol. The van der Waals surface area contributed by atoms with Gasteiger partial charge in [-0.25, -0.2) is 0 Å². The van der Waals surface area contributed by atoms with Crippen LogP contribution in [-0.4, -0.2) is 59.3 Å². The van der Waals surface area contributed by atoms with Crippen molar-refractivity contribution < 1.29 is 37.4 Å². The van der Waals surface area contributed by atoms with Crippen LogP contribution < -0.4 is 5.73 Å². The average molecular weight is 436 g/mol. The lowest BCUT2D eigenvalue weighted by Crippen LogP contribution is -2.36. The number of nitrogens with two attached hydrogens (primary N) is 1. The van der Waals surface area contributed by atoms with E-state index in [-0.39, 0.29) is 18.2 Å². The van der Waals surface area contributed by atoms with Gasteiger partial charge in [0, 0.05) is 13.1 Å². The highest BCUT2D eigenvalue weighted by Crippen LogP contribution is 2.62. The van der Waals surface area contributed by atoms with Crippen molar-refractivity contribution in [3.63, 3.8) is 0 Å². The Labute approximate surface area is 174 Å². The van der Waals surface area contributed by atoms with E-state index < -0.39 is 12.1 Å². The van der Waals surface area contributed by atoms with E-state index in [0.717, 1.165) is 30.8 Å². The summed E-state index contributed by atoms with van der Waals surface area (Å²) >= 11 is 0. The Morgan fingerprint density at radius 1 is 1.23 bits per heavy atom. The van der Waals surface area contributed by atoms with Crippen LogP contribution in [0.3, 0.4) is 0 Å². The fraction of sp³-hybridized carbons (Fsp3) is 0.850. The number of hydrogen-bond acceptors (Lipinski definition) is 4. The van der Waals surface area contributed by atoms with E-state index in [2.05, 4.69) is 31.4 Å². The van der Waals surface area contributed by atoms with E-state index in [1.807, 2.05) is 0 Å². The number of rotatable bonds is 5. The van der Waals surface area contributed by atoms with Crippen molar-refractivity contribution in [3.8, 4) is 0 Å². The van der Waals surface area contributed by atoms with Crippen LogP contribution in [0.15, 0.2) is 0 Å². The third-order valence-electron chi connectivity index (χ3n) is 6.72. The smallest absolute Gasteiger partial charge is 0.470 e. The number of hydrogen-bond donors (Lipinski definition) is 2. The molecular formula is C20H31F3N2O5. The predicted octanol–water partition coefficient (Wildman–Crippen LogP) is 2.57. The number of fused-ring (bicyclic) bond motifs is 1. The molecule has 3 aliphatic carbocycles. The van der Waals surface area contributed by atoms with Crippen molar-refractivity contribution in [2.45, 2.75) is 70.8 Å². The molecule has 172 valence electrons. The van der Waals surface area contributed by atoms with Gasteiger partial charge in [0.15, 0.2) is 0 Å². The van der Waals surface area contributed by atoms with E-state index in [1.54, 1.807) is 0 Å². The summed E-state index contributed by atoms with van der Waals surface area (Å²) in [6.45, 7) is 8.47. The molecule has 4 rings (SSSR count). The molecule has 1 heterocycles. The zero-order valence-corrected chi connectivity index (χ0v) is 17.6. The van der Waals surface area contributed by atoms with Crippen LogP contribution in [0, 0.1) is 23.2 Å². The van der Waals surface area contributed by atoms with Crippen LogP contribution in [0.2, 0.25) is 0 Å². The van der Waals surface area contributed by atoms with Crippen LogP contribution in [0.5, 0.6) is 0 Å². The standard InChI is InChI=1S/C17H27NO2.C2H2F3NO.CH2O2/c1-11(20-17(6-7-17)12-4-5-12)8-15(19)18-9-13-14(10-18)16(13,2)3;3-2(4,5)1(6)7;2-1-3/h11-14H,4-10H2,1-3H3;(H2,6,7);1H,(H,2,3)/t11-,13?,14?;;/m1../s1. The molecule has 2 unspecified atom stereocenters. The zero-order valence-electron chi connectivity index (χ0n) is 17.6. The van der Waals surface area contributed by atoms with Gasteiger partial charge >= 0.3 is 12.1 Å². The summed E-state index contributed by atoms with van der Waals surface area (Å²) in [5.74, 6) is 0.368. The van der Waals surface area contributed by atoms with Crippen molar-refractivity contribution in [1.29, 1.82) is 0 Å². The number of ether oxygens (including phenoxy) is 1. The molecule has 0 aromatic heterocycles. The number of carbonyl (C=O) groups is 3. The minimum Gasteiger partial charge on any atom is -0.483 e. The zero-order chi connectivity index (χ0) is 22.9. The molecule has 4 aliphatic rings. The van der Waals surface area contributed by atoms with Crippen molar-refractivity contribution in [2.75, 3.05) is 13.1 Å². The second-order valence-electron chi connectivity index (χ2n) is 9.27. The molecule has 10 heteroatoms. The summed E-state index contributed by atoms with van der Waals surface area (Å²) in [6, 6.07) is 0. The van der Waals surface area contributed by atoms with E-state index in [1.165, 1.54) is 25.7 Å². The average Bonchev–Trinajstić information content (AvgIpc) is 3.54. The number of nitrogens with zero attached hydrogens (tertiary/aromatic N) is 1. The van der Waals surface area contributed by atoms with Gasteiger partial charge in [0.05, 0.1) is 18.1 Å². The SMILES string of the molecule is C[C@H](CC(=O)N1CC2C(C1)C2(C)C)OC1(C2CC2)CC1.NC(=O)C(F)(F)F.O=CO. The van der Waals surface area contributed by atoms with Gasteiger partial charge in [-0.15, -0.1) is 0 Å². The summed E-state index contributed by atoms with van der Waals surface area (Å²) < 4.78 is 38.3. The number of likely N-dealkylation sites (tertiary alicyclic amines) is 1. The Kier molecular flexibility index (Phi) is 7.10. The van der Waals surface area contributed by atoms with Gasteiger partial charge in [-0.3, -0.25) is 14.4 Å². The summed E-state index contributed by atoms with van der Waals surface area (Å²) in [4.78, 5) is 31.9. The molecule has 3 atom stereocenters. The molecule has 4 fully saturated rings. The van der Waals surface area contributed by atoms with Crippen LogP contribution in [-0.2, 0) is 19.1 Å². The maximum absolute atomic E-state index is 12.4. The molecule has 0 bridgehead atoms. The second kappa shape index (κ2) is 8.72. The maximum atomic E-state index is 12.4. The van der Waals surface area contributed by atoms with Crippen molar-refractivity contribution in [3.05, 3.63) is 0 Å². The monoisotopic (exact) mass is 436 g/mol. The number of piperidine rings is 1. The Morgan fingerprint density at radius 2 is 1.67 bits per heavy atom. The van der Waals surface area contributed by atoms with Gasteiger partial charge in [0.25, 0.3) is 6.47 Å². The Morgan fingerprint density at radius 3 is 2.00 bits per heavy atom. The van der Waals surface area contributed by atoms with Gasteiger partial charge in [0.2, 0.25) is 5.91 Å². The molecule has 3 saturated carbocycles. The lowest BCUT2D eigenvalue weighted by atomic mass is 10.1. The summed E-state index contributed by atoms with van der Waals surface area (Å²) in [6.07, 6.45) is 0.928. The Balaban J connectivity index is 0.000000272. The van der Waals surface area contributed by atoms with Crippen LogP contribution in [0.25, 0.3) is 0 Å². The van der Waals surface area contributed by atoms with Gasteiger partial charge in [0.1, 0.15) is 0 Å². The number of carbonyl (C=O) groups excluding carboxylic acids is 2. The fourth-order valence-corrected chi connectivity index (χ4v) is 4.51. The fourth-order valence-electron chi connectivity index (χ4n) is 4.51. The van der Waals surface area contributed by atoms with Gasteiger partial charge < -0.3 is 20.5 Å². The van der Waals surface area contributed by atoms with Crippen molar-refractivity contribution in [1.82, 2.24) is 4.90 Å². The lowest BCUT2D eigenvalue weighted by molar-refractivity contribution is -0.169. The van der Waals surface area contributed by atoms with Crippen molar-refractivity contribution >= 4 is 18.3 Å². The normalized spacial score (nSPS) is 28.0. The van der Waals surface area contributed by atoms with Gasteiger partial charge in [-0.1, -0.05) is 13.8 Å². The first-order chi connectivity index (χ1) is 13.8. The predicted molar refractivity (Wildman–Crippen MR) is 101 cm³/mol. The first kappa shape index (κ1) is 24.4. The second-order valence-corrected chi connectivity index (χ2v) is 9.27. The number of amides is 2. The molecule has 1 aliphatic heterocycles. The molecule has 7 nitrogen and oxygen atoms in total. The lowest BCUT2D eigenvalue weighted by Gasteiger charge is -2.26. The van der Waals surface area contributed by atoms with Crippen LogP contribution in [0.1, 0.15) is 52.9 Å². The molecule has 0 aromatic carbocycles. The third-order valence-corrected chi connectivity index (χ3v) is 6.72. The highest BCUT2D eigenvalue weighted by molar-refractivity contribution is 5.79. The third kappa shape index (κ3) is 5.86. The molecule has 0 spiro atoms. The Bertz CT molecular complexity index is 645. The molecule has 0 radical (unpaired) electrons. The minimum atomic E-state index is -4.86. The van der Waals surface area contributed by atoms with E-state index in [9.17, 15) is 18.0 Å². The number of halogens is 3. The maximum Gasteiger partial charge on any atom is 0.470 e. The number of alkyl halides is 3. The quantitative estimate of drug-likeness (QED) is 0.644. The number of carboxylic acid groups (broad SMARTS) is 1. The van der Waals surface area contributed by atoms with E-state index >= 15 is 0 Å². The van der Waals surface area contributed by atoms with Crippen molar-refractivity contribution in [2.24, 2.45) is 28.9 Å². The molecule has 30 heavy (non-hydrogen) atoms. The van der Waals surface area contributed by atoms with E-state index in [0.29, 0.717) is 17.7 Å². The van der Waals surface area contributed by atoms with Crippen LogP contribution in [0.4, 0.5) is 13.2 Å². The highest BCUT2D eigenvalue weighted by Gasteiger charge is 2.62. The van der Waals surface area contributed by atoms with Gasteiger partial charge in [-0.05, 0) is 55.8 Å². The Hall–Kier alpha value is -1.84. The summed E-state index contributed by atoms with van der Waals surface area (Å²) in [5.41, 5.74) is 4.48. The summed E-state index contributed by atoms with van der Waals surface area (Å²) in [7, 11) is 0. The molecule has 3 N–H and O–H groups in total. The van der Waals surface area contributed by atoms with Crippen LogP contribution >= 0.6 is 0 Å². The topological polar surface area (TPSA) is 110 Å². The summed E-state index contributed by atoms with van der Waals surface area (Å²) in [5, 5.41) is 6.89. The highest BCUT2D eigenvalue weighted by atomic mass is 19.4. The van der Waals surface area contributed by atoms with E-state index in [4.69, 9.17) is 19.4 Å². The molecule has 1 saturated heterocycles. The first-order valence-electron chi connectivity index (χ1n) is 10.2. The molecule has 2 amide bonds. The minimum absolute atomic E-state index is 0.0931. The van der Waals surface area contributed by atoms with Gasteiger partial charge in [-0.2, -0.15) is 13.2 Å².